The molecule has 0 aliphatic rings. The molecule has 0 unspecified atom stereocenters. The number of aromatic nitrogens is 6. The van der Waals surface area contributed by atoms with Gasteiger partial charge in [-0.1, -0.05) is 194 Å². The Bertz CT molecular complexity index is 6380. The fourth-order valence-electron chi connectivity index (χ4n) is 15.8. The molecule has 0 amide bonds. The second-order valence-electron chi connectivity index (χ2n) is 23.9. The molecule has 0 bridgehead atoms. The molecule has 6 aromatic heterocycles. The zero-order valence-electron chi connectivity index (χ0n) is 48.7. The van der Waals surface area contributed by atoms with E-state index in [9.17, 15) is 0 Å². The minimum absolute atomic E-state index is 1.10. The molecule has 418 valence electrons. The van der Waals surface area contributed by atoms with Crippen molar-refractivity contribution in [3.63, 3.8) is 0 Å². The topological polar surface area (TPSA) is 29.6 Å². The molecular formula is C84H52N6. The van der Waals surface area contributed by atoms with Gasteiger partial charge in [-0.25, -0.2) is 0 Å². The van der Waals surface area contributed by atoms with Gasteiger partial charge in [-0.2, -0.15) is 0 Å². The summed E-state index contributed by atoms with van der Waals surface area (Å²) in [6.07, 6.45) is 0. The lowest BCUT2D eigenvalue weighted by Gasteiger charge is -2.16. The summed E-state index contributed by atoms with van der Waals surface area (Å²) in [6.45, 7) is 0. The lowest BCUT2D eigenvalue weighted by atomic mass is 10.0. The monoisotopic (exact) mass is 1140 g/mol. The first-order valence-electron chi connectivity index (χ1n) is 31.0. The van der Waals surface area contributed by atoms with Crippen molar-refractivity contribution in [1.29, 1.82) is 0 Å². The van der Waals surface area contributed by atoms with Gasteiger partial charge in [0, 0.05) is 92.9 Å². The van der Waals surface area contributed by atoms with E-state index in [1.54, 1.807) is 0 Å². The van der Waals surface area contributed by atoms with Gasteiger partial charge in [-0.3, -0.25) is 0 Å². The second kappa shape index (κ2) is 18.7. The molecule has 0 radical (unpaired) electrons. The van der Waals surface area contributed by atoms with Gasteiger partial charge < -0.3 is 27.4 Å². The van der Waals surface area contributed by atoms with Crippen LogP contribution in [0.15, 0.2) is 315 Å². The highest BCUT2D eigenvalue weighted by Crippen LogP contribution is 2.47. The van der Waals surface area contributed by atoms with Crippen LogP contribution in [-0.2, 0) is 0 Å². The summed E-state index contributed by atoms with van der Waals surface area (Å²) in [5.41, 5.74) is 23.3. The average Bonchev–Trinajstić information content (AvgIpc) is 1.60. The first kappa shape index (κ1) is 49.0. The third-order valence-corrected chi connectivity index (χ3v) is 19.4. The third kappa shape index (κ3) is 6.71. The van der Waals surface area contributed by atoms with Crippen molar-refractivity contribution in [1.82, 2.24) is 27.4 Å². The lowest BCUT2D eigenvalue weighted by molar-refractivity contribution is 1.16. The Labute approximate surface area is 516 Å². The maximum atomic E-state index is 2.54. The summed E-state index contributed by atoms with van der Waals surface area (Å²) in [6, 6.07) is 116. The fraction of sp³-hybridized carbons (Fsp3) is 0. The van der Waals surface area contributed by atoms with Gasteiger partial charge in [0.2, 0.25) is 0 Å². The molecule has 6 heterocycles. The van der Waals surface area contributed by atoms with E-state index in [4.69, 9.17) is 0 Å². The molecule has 0 saturated carbocycles. The van der Waals surface area contributed by atoms with Crippen LogP contribution in [0.4, 0.5) is 0 Å². The summed E-state index contributed by atoms with van der Waals surface area (Å²) in [5, 5.41) is 14.7. The van der Waals surface area contributed by atoms with Gasteiger partial charge in [0.1, 0.15) is 0 Å². The van der Waals surface area contributed by atoms with Gasteiger partial charge in [0.15, 0.2) is 0 Å². The third-order valence-electron chi connectivity index (χ3n) is 19.4. The summed E-state index contributed by atoms with van der Waals surface area (Å²) in [5.74, 6) is 0. The molecule has 0 fully saturated rings. The summed E-state index contributed by atoms with van der Waals surface area (Å²) < 4.78 is 14.9. The first-order chi connectivity index (χ1) is 44.7. The van der Waals surface area contributed by atoms with Crippen LogP contribution < -0.4 is 0 Å². The Morgan fingerprint density at radius 3 is 1.13 bits per heavy atom. The Hall–Kier alpha value is -12.1. The molecule has 0 N–H and O–H groups in total. The fourth-order valence-corrected chi connectivity index (χ4v) is 15.8. The Kier molecular flexibility index (Phi) is 10.2. The minimum atomic E-state index is 1.10. The second-order valence-corrected chi connectivity index (χ2v) is 23.9. The zero-order chi connectivity index (χ0) is 58.7. The number of para-hydroxylation sites is 9. The van der Waals surface area contributed by atoms with Crippen molar-refractivity contribution in [3.05, 3.63) is 315 Å². The summed E-state index contributed by atoms with van der Waals surface area (Å²) in [7, 11) is 0. The normalized spacial score (nSPS) is 12.2. The lowest BCUT2D eigenvalue weighted by Crippen LogP contribution is -1.99. The standard InChI is InChI=1S/C84H52N6/c1-3-22-54(23-4-1)85-69-34-15-10-29-61(69)67-52-57(46-49-75(67)85)87-73-38-19-12-31-65(73)81-78(87)50-47-63-60-28-9-17-36-71(60)90(84(63)81)68-33-14-7-26-58(68)53-42-44-56(45-43-53)86-72-37-18-11-30-64(72)80-76(86)40-21-41-77(80)89-74-39-20-13-32-66(74)82-79(89)51-48-62-59-27-8-16-35-70(59)88(83(62)82)55-24-5-2-6-25-55/h1-52H. The van der Waals surface area contributed by atoms with Crippen LogP contribution in [0.1, 0.15) is 0 Å². The van der Waals surface area contributed by atoms with Gasteiger partial charge in [-0.15, -0.1) is 0 Å². The molecule has 0 aliphatic heterocycles. The molecule has 90 heavy (non-hydrogen) atoms. The van der Waals surface area contributed by atoms with E-state index in [0.717, 1.165) is 61.8 Å². The van der Waals surface area contributed by atoms with Crippen LogP contribution in [-0.4, -0.2) is 27.4 Å². The smallest absolute Gasteiger partial charge is 0.0641 e. The Morgan fingerprint density at radius 1 is 0.167 bits per heavy atom. The van der Waals surface area contributed by atoms with Crippen LogP contribution >= 0.6 is 0 Å². The molecule has 0 atom stereocenters. The van der Waals surface area contributed by atoms with Crippen LogP contribution in [0.25, 0.3) is 176 Å². The van der Waals surface area contributed by atoms with Crippen LogP contribution in [0.5, 0.6) is 0 Å². The molecule has 20 aromatic rings. The number of rotatable bonds is 7. The van der Waals surface area contributed by atoms with Crippen molar-refractivity contribution in [3.8, 4) is 45.3 Å². The molecule has 0 aliphatic carbocycles. The molecule has 20 rings (SSSR count). The van der Waals surface area contributed by atoms with E-state index >= 15 is 0 Å². The van der Waals surface area contributed by atoms with E-state index in [0.29, 0.717) is 0 Å². The van der Waals surface area contributed by atoms with E-state index in [2.05, 4.69) is 343 Å². The van der Waals surface area contributed by atoms with E-state index in [1.165, 1.54) is 114 Å². The highest BCUT2D eigenvalue weighted by atomic mass is 15.0. The van der Waals surface area contributed by atoms with E-state index < -0.39 is 0 Å². The highest BCUT2D eigenvalue weighted by molar-refractivity contribution is 6.28. The average molecular weight is 1150 g/mol. The first-order valence-corrected chi connectivity index (χ1v) is 31.0. The minimum Gasteiger partial charge on any atom is -0.309 e. The number of fused-ring (bicyclic) bond motifs is 20. The van der Waals surface area contributed by atoms with Gasteiger partial charge in [0.25, 0.3) is 0 Å². The van der Waals surface area contributed by atoms with Crippen molar-refractivity contribution < 1.29 is 0 Å². The van der Waals surface area contributed by atoms with E-state index in [-0.39, 0.29) is 0 Å². The van der Waals surface area contributed by atoms with Gasteiger partial charge in [0.05, 0.1) is 77.6 Å². The van der Waals surface area contributed by atoms with Crippen molar-refractivity contribution in [2.45, 2.75) is 0 Å². The van der Waals surface area contributed by atoms with Gasteiger partial charge >= 0.3 is 0 Å². The molecule has 6 nitrogen and oxygen atoms in total. The summed E-state index contributed by atoms with van der Waals surface area (Å²) >= 11 is 0. The number of benzene rings is 14. The van der Waals surface area contributed by atoms with Crippen LogP contribution in [0.2, 0.25) is 0 Å². The maximum Gasteiger partial charge on any atom is 0.0641 e. The zero-order valence-corrected chi connectivity index (χ0v) is 48.7. The Balaban J connectivity index is 0.757. The van der Waals surface area contributed by atoms with Crippen molar-refractivity contribution in [2.24, 2.45) is 0 Å². The molecule has 0 saturated heterocycles. The number of nitrogens with zero attached hydrogens (tertiary/aromatic N) is 6. The van der Waals surface area contributed by atoms with Crippen LogP contribution in [0, 0.1) is 0 Å². The van der Waals surface area contributed by atoms with Crippen molar-refractivity contribution in [2.75, 3.05) is 0 Å². The largest absolute Gasteiger partial charge is 0.309 e. The predicted molar refractivity (Wildman–Crippen MR) is 378 cm³/mol. The number of hydrogen-bond acceptors (Lipinski definition) is 0. The number of hydrogen-bond donors (Lipinski definition) is 0. The SMILES string of the molecule is c1ccc(-n2c3ccccc3c3cc(-n4c5ccccc5c5c4ccc4c6ccccc6n(-c6ccccc6-c6ccc(-n7c8ccccc8c8c(-n9c%10ccccc%10c%10c9ccc9c%11ccccc%11n(-c%11ccccc%11)c9%10)cccc87)cc6)c45)ccc32)cc1. The molecule has 6 heteroatoms. The van der Waals surface area contributed by atoms with Crippen LogP contribution in [0.3, 0.4) is 0 Å². The predicted octanol–water partition coefficient (Wildman–Crippen LogP) is 21.9. The Morgan fingerprint density at radius 2 is 0.522 bits per heavy atom. The maximum absolute atomic E-state index is 2.54. The quantitative estimate of drug-likeness (QED) is 0.152. The van der Waals surface area contributed by atoms with Crippen molar-refractivity contribution >= 4 is 131 Å². The molecule has 14 aromatic carbocycles. The molecular weight excluding hydrogens is 1090 g/mol. The highest BCUT2D eigenvalue weighted by Gasteiger charge is 2.26. The summed E-state index contributed by atoms with van der Waals surface area (Å²) in [4.78, 5) is 0. The van der Waals surface area contributed by atoms with E-state index in [1.807, 2.05) is 0 Å². The van der Waals surface area contributed by atoms with Gasteiger partial charge in [-0.05, 0) is 127 Å². The molecule has 0 spiro atoms.